The molecule has 1 N–H and O–H groups in total. The van der Waals surface area contributed by atoms with Crippen molar-refractivity contribution in [2.75, 3.05) is 6.79 Å². The lowest BCUT2D eigenvalue weighted by atomic mass is 10.2. The van der Waals surface area contributed by atoms with Crippen LogP contribution in [0.1, 0.15) is 11.1 Å². The van der Waals surface area contributed by atoms with Crippen molar-refractivity contribution in [1.29, 1.82) is 0 Å². The second kappa shape index (κ2) is 8.54. The number of nitrogens with zero attached hydrogens (tertiary/aromatic N) is 3. The standard InChI is InChI=1S/C23H16N4O7/c28-22-16-3-1-2-4-17(16)25-23(29)26(22)24-11-14-5-7-19(18(9-14)27(30)31)32-12-15-6-8-20-21(10-15)34-13-33-20/h1-11H,12-13H2,(H,25,29). The van der Waals surface area contributed by atoms with Gasteiger partial charge in [-0.15, -0.1) is 4.68 Å². The second-order valence-electron chi connectivity index (χ2n) is 7.30. The number of hydrogen-bond donors (Lipinski definition) is 1. The van der Waals surface area contributed by atoms with Crippen molar-refractivity contribution in [3.05, 3.63) is 103 Å². The van der Waals surface area contributed by atoms with Crippen LogP contribution in [0.25, 0.3) is 10.9 Å². The lowest BCUT2D eigenvalue weighted by Gasteiger charge is -2.08. The fourth-order valence-corrected chi connectivity index (χ4v) is 3.45. The molecule has 5 rings (SSSR count). The van der Waals surface area contributed by atoms with E-state index in [4.69, 9.17) is 14.2 Å². The summed E-state index contributed by atoms with van der Waals surface area (Å²) in [5.74, 6) is 1.27. The molecule has 0 radical (unpaired) electrons. The van der Waals surface area contributed by atoms with Crippen LogP contribution in [0.5, 0.6) is 17.2 Å². The third-order valence-electron chi connectivity index (χ3n) is 5.12. The average molecular weight is 460 g/mol. The van der Waals surface area contributed by atoms with Crippen molar-refractivity contribution in [1.82, 2.24) is 9.66 Å². The summed E-state index contributed by atoms with van der Waals surface area (Å²) in [6.45, 7) is 0.220. The van der Waals surface area contributed by atoms with Gasteiger partial charge in [0, 0.05) is 11.6 Å². The molecular weight excluding hydrogens is 444 g/mol. The fraction of sp³-hybridized carbons (Fsp3) is 0.0870. The number of nitrogens with one attached hydrogen (secondary N) is 1. The monoisotopic (exact) mass is 460 g/mol. The number of ether oxygens (including phenoxy) is 3. The summed E-state index contributed by atoms with van der Waals surface area (Å²) in [6, 6.07) is 16.0. The first kappa shape index (κ1) is 20.9. The first-order chi connectivity index (χ1) is 16.5. The van der Waals surface area contributed by atoms with Gasteiger partial charge in [-0.05, 0) is 42.0 Å². The molecule has 4 aromatic rings. The molecule has 0 amide bonds. The quantitative estimate of drug-likeness (QED) is 0.265. The lowest BCUT2D eigenvalue weighted by molar-refractivity contribution is -0.385. The number of H-pyrrole nitrogens is 1. The number of aromatic amines is 1. The van der Waals surface area contributed by atoms with E-state index in [2.05, 4.69) is 10.1 Å². The summed E-state index contributed by atoms with van der Waals surface area (Å²) >= 11 is 0. The molecule has 0 aliphatic carbocycles. The van der Waals surface area contributed by atoms with Gasteiger partial charge in [-0.25, -0.2) is 4.79 Å². The Kier molecular flexibility index (Phi) is 5.26. The normalized spacial score (nSPS) is 12.4. The van der Waals surface area contributed by atoms with Gasteiger partial charge in [0.05, 0.1) is 22.0 Å². The second-order valence-corrected chi connectivity index (χ2v) is 7.30. The molecule has 0 saturated carbocycles. The molecule has 0 unspecified atom stereocenters. The van der Waals surface area contributed by atoms with E-state index in [-0.39, 0.29) is 30.2 Å². The van der Waals surface area contributed by atoms with E-state index in [1.54, 1.807) is 42.5 Å². The maximum absolute atomic E-state index is 12.6. The molecular formula is C23H16N4O7. The van der Waals surface area contributed by atoms with Gasteiger partial charge >= 0.3 is 11.4 Å². The van der Waals surface area contributed by atoms with Gasteiger partial charge in [-0.3, -0.25) is 14.9 Å². The van der Waals surface area contributed by atoms with Crippen LogP contribution in [0.4, 0.5) is 5.69 Å². The minimum atomic E-state index is -0.724. The lowest BCUT2D eigenvalue weighted by Crippen LogP contribution is -2.32. The van der Waals surface area contributed by atoms with Crippen molar-refractivity contribution in [2.45, 2.75) is 6.61 Å². The van der Waals surface area contributed by atoms with E-state index in [1.165, 1.54) is 24.4 Å². The molecule has 170 valence electrons. The van der Waals surface area contributed by atoms with Gasteiger partial charge < -0.3 is 19.2 Å². The molecule has 0 fully saturated rings. The Morgan fingerprint density at radius 3 is 2.76 bits per heavy atom. The Morgan fingerprint density at radius 2 is 1.91 bits per heavy atom. The highest BCUT2D eigenvalue weighted by Gasteiger charge is 2.18. The number of para-hydroxylation sites is 1. The molecule has 3 aromatic carbocycles. The summed E-state index contributed by atoms with van der Waals surface area (Å²) in [4.78, 5) is 38.4. The first-order valence-corrected chi connectivity index (χ1v) is 10.1. The smallest absolute Gasteiger partial charge is 0.349 e. The third kappa shape index (κ3) is 3.97. The number of benzene rings is 3. The zero-order valence-corrected chi connectivity index (χ0v) is 17.5. The highest BCUT2D eigenvalue weighted by molar-refractivity contribution is 5.82. The highest BCUT2D eigenvalue weighted by Crippen LogP contribution is 2.33. The number of nitro benzene ring substituents is 1. The number of aromatic nitrogens is 2. The summed E-state index contributed by atoms with van der Waals surface area (Å²) in [7, 11) is 0. The van der Waals surface area contributed by atoms with Crippen LogP contribution >= 0.6 is 0 Å². The Labute approximate surface area is 190 Å². The third-order valence-corrected chi connectivity index (χ3v) is 5.12. The van der Waals surface area contributed by atoms with E-state index in [1.807, 2.05) is 0 Å². The topological polar surface area (TPSA) is 138 Å². The Morgan fingerprint density at radius 1 is 1.09 bits per heavy atom. The first-order valence-electron chi connectivity index (χ1n) is 10.1. The fourth-order valence-electron chi connectivity index (χ4n) is 3.45. The van der Waals surface area contributed by atoms with Crippen LogP contribution < -0.4 is 25.5 Å². The SMILES string of the molecule is O=c1[nH]c2ccccc2c(=O)n1N=Cc1ccc(OCc2ccc3c(c2)OCO3)c([N+](=O)[O-])c1. The molecule has 1 aliphatic heterocycles. The Bertz CT molecular complexity index is 1570. The van der Waals surface area contributed by atoms with Crippen molar-refractivity contribution in [3.63, 3.8) is 0 Å². The van der Waals surface area contributed by atoms with Gasteiger partial charge in [-0.1, -0.05) is 18.2 Å². The van der Waals surface area contributed by atoms with E-state index in [0.717, 1.165) is 5.56 Å². The molecule has 34 heavy (non-hydrogen) atoms. The highest BCUT2D eigenvalue weighted by atomic mass is 16.7. The largest absolute Gasteiger partial charge is 0.482 e. The minimum Gasteiger partial charge on any atom is -0.482 e. The van der Waals surface area contributed by atoms with Crippen molar-refractivity contribution in [3.8, 4) is 17.2 Å². The number of fused-ring (bicyclic) bond motifs is 2. The van der Waals surface area contributed by atoms with Crippen LogP contribution in [0, 0.1) is 10.1 Å². The Hall–Kier alpha value is -4.93. The number of hydrogen-bond acceptors (Lipinski definition) is 8. The maximum Gasteiger partial charge on any atom is 0.349 e. The summed E-state index contributed by atoms with van der Waals surface area (Å²) in [5, 5.41) is 15.8. The predicted molar refractivity (Wildman–Crippen MR) is 122 cm³/mol. The molecule has 0 atom stereocenters. The van der Waals surface area contributed by atoms with Gasteiger partial charge in [0.25, 0.3) is 5.56 Å². The molecule has 0 saturated heterocycles. The number of rotatable bonds is 6. The van der Waals surface area contributed by atoms with E-state index < -0.39 is 16.2 Å². The zero-order chi connectivity index (χ0) is 23.7. The van der Waals surface area contributed by atoms with E-state index in [0.29, 0.717) is 27.3 Å². The molecule has 11 heteroatoms. The van der Waals surface area contributed by atoms with Gasteiger partial charge in [0.15, 0.2) is 17.2 Å². The molecule has 0 spiro atoms. The van der Waals surface area contributed by atoms with Crippen molar-refractivity contribution >= 4 is 22.8 Å². The van der Waals surface area contributed by atoms with E-state index in [9.17, 15) is 19.7 Å². The van der Waals surface area contributed by atoms with Crippen LogP contribution in [0.15, 0.2) is 75.4 Å². The number of nitro groups is 1. The van der Waals surface area contributed by atoms with Gasteiger partial charge in [0.1, 0.15) is 6.61 Å². The summed E-state index contributed by atoms with van der Waals surface area (Å²) in [5.41, 5.74) is -0.166. The van der Waals surface area contributed by atoms with Crippen LogP contribution in [-0.4, -0.2) is 27.6 Å². The molecule has 0 bridgehead atoms. The summed E-state index contributed by atoms with van der Waals surface area (Å²) in [6.07, 6.45) is 1.19. The molecule has 2 heterocycles. The summed E-state index contributed by atoms with van der Waals surface area (Å²) < 4.78 is 16.9. The van der Waals surface area contributed by atoms with Crippen LogP contribution in [0.2, 0.25) is 0 Å². The molecule has 1 aromatic heterocycles. The van der Waals surface area contributed by atoms with Crippen molar-refractivity contribution in [2.24, 2.45) is 5.10 Å². The molecule has 11 nitrogen and oxygen atoms in total. The predicted octanol–water partition coefficient (Wildman–Crippen LogP) is 2.79. The van der Waals surface area contributed by atoms with Crippen molar-refractivity contribution < 1.29 is 19.1 Å². The Balaban J connectivity index is 1.40. The minimum absolute atomic E-state index is 0.0561. The van der Waals surface area contributed by atoms with Crippen LogP contribution in [0.3, 0.4) is 0 Å². The van der Waals surface area contributed by atoms with Gasteiger partial charge in [0.2, 0.25) is 6.79 Å². The maximum atomic E-state index is 12.6. The molecule has 1 aliphatic rings. The van der Waals surface area contributed by atoms with E-state index >= 15 is 0 Å². The van der Waals surface area contributed by atoms with Gasteiger partial charge in [-0.2, -0.15) is 5.10 Å². The van der Waals surface area contributed by atoms with Crippen LogP contribution in [-0.2, 0) is 6.61 Å². The average Bonchev–Trinajstić information content (AvgIpc) is 3.31. The zero-order valence-electron chi connectivity index (χ0n) is 17.5.